The maximum Gasteiger partial charge on any atom is 0.472 e. The number of aromatic nitrogens is 6. The number of nitrogens with zero attached hydrogens (tertiary/aromatic N) is 6. The molecule has 3 aromatic heterocycles. The second-order valence-corrected chi connectivity index (χ2v) is 16.9. The first-order valence-corrected chi connectivity index (χ1v) is 21.1. The highest BCUT2D eigenvalue weighted by Gasteiger charge is 2.51. The van der Waals surface area contributed by atoms with Crippen molar-refractivity contribution in [1.29, 1.82) is 0 Å². The van der Waals surface area contributed by atoms with Crippen molar-refractivity contribution in [2.45, 2.75) is 55.2 Å². The predicted molar refractivity (Wildman–Crippen MR) is 189 cm³/mol. The molecular weight excluding hydrogens is 853 g/mol. The molecule has 2 fully saturated rings. The maximum atomic E-state index is 12.8. The predicted octanol–water partition coefficient (Wildman–Crippen LogP) is -4.25. The summed E-state index contributed by atoms with van der Waals surface area (Å²) >= 11 is 0. The minimum atomic E-state index is -5.41. The molecule has 3 aliphatic heterocycles. The summed E-state index contributed by atoms with van der Waals surface area (Å²) in [5.41, 5.74) is 9.89. The van der Waals surface area contributed by atoms with Crippen LogP contribution in [0.15, 0.2) is 15.9 Å². The number of H-pyrrole nitrogens is 2. The molecule has 6 rings (SSSR count). The van der Waals surface area contributed by atoms with Crippen molar-refractivity contribution >= 4 is 58.0 Å². The number of hydrogen-bond donors (Lipinski definition) is 11. The normalized spacial score (nSPS) is 28.8. The first-order valence-electron chi connectivity index (χ1n) is 16.5. The Labute approximate surface area is 323 Å². The zero-order valence-electron chi connectivity index (χ0n) is 29.9. The number of aromatic amines is 2. The van der Waals surface area contributed by atoms with Gasteiger partial charge in [0.25, 0.3) is 11.1 Å². The third-order valence-corrected chi connectivity index (χ3v) is 11.3. The van der Waals surface area contributed by atoms with Gasteiger partial charge in [-0.25, -0.2) is 18.7 Å². The molecule has 13 N–H and O–H groups in total. The summed E-state index contributed by atoms with van der Waals surface area (Å²) in [6.45, 7) is -4.12. The molecule has 2 saturated heterocycles. The van der Waals surface area contributed by atoms with Crippen LogP contribution in [-0.4, -0.2) is 161 Å². The van der Waals surface area contributed by atoms with Gasteiger partial charge in [-0.2, -0.15) is 9.97 Å². The topological polar surface area (TPSA) is 435 Å². The monoisotopic (exact) mass is 892 g/mol. The number of hydrogen-bond acceptors (Lipinski definition) is 23. The SMILES string of the molecule is CO[C@@H]1[C@H](O)[C@@H](COP(=O)(O)OCC(COP(=O)(O)OC[C@H]2O[C@@H](n3cnc4c(=O)[nH]c(N)nc43)[C@H](O)[C@@H]2O)OP(=O)(O)O)O[C@H]1N1CN(C)c2c1nc(N)[nH]c2=O. The van der Waals surface area contributed by atoms with E-state index < -0.39 is 116 Å². The van der Waals surface area contributed by atoms with E-state index >= 15 is 0 Å². The van der Waals surface area contributed by atoms with Crippen LogP contribution in [0.3, 0.4) is 0 Å². The maximum absolute atomic E-state index is 12.8. The zero-order chi connectivity index (χ0) is 42.5. The quantitative estimate of drug-likeness (QED) is 0.0572. The number of nitrogens with two attached hydrogens (primary N) is 2. The number of phosphoric ester groups is 3. The summed E-state index contributed by atoms with van der Waals surface area (Å²) < 4.78 is 78.8. The molecule has 30 nitrogen and oxygen atoms in total. The highest BCUT2D eigenvalue weighted by atomic mass is 31.2. The number of aliphatic hydroxyl groups excluding tert-OH is 3. The number of phosphoric acid groups is 3. The van der Waals surface area contributed by atoms with E-state index in [1.807, 2.05) is 0 Å². The summed E-state index contributed by atoms with van der Waals surface area (Å²) in [4.78, 5) is 83.4. The van der Waals surface area contributed by atoms with Gasteiger partial charge in [-0.1, -0.05) is 0 Å². The second kappa shape index (κ2) is 16.9. The molecule has 3 aliphatic rings. The van der Waals surface area contributed by atoms with Crippen molar-refractivity contribution in [2.75, 3.05) is 68.5 Å². The van der Waals surface area contributed by atoms with Gasteiger partial charge < -0.3 is 70.4 Å². The van der Waals surface area contributed by atoms with Crippen LogP contribution in [0, 0.1) is 0 Å². The lowest BCUT2D eigenvalue weighted by atomic mass is 10.1. The zero-order valence-corrected chi connectivity index (χ0v) is 32.6. The molecule has 0 amide bonds. The van der Waals surface area contributed by atoms with E-state index in [9.17, 15) is 58.2 Å². The number of imidazole rings is 1. The first kappa shape index (κ1) is 44.1. The number of rotatable bonds is 17. The third-order valence-electron chi connectivity index (χ3n) is 8.80. The van der Waals surface area contributed by atoms with Crippen LogP contribution in [0.4, 0.5) is 23.4 Å². The van der Waals surface area contributed by atoms with Crippen molar-refractivity contribution in [3.05, 3.63) is 27.0 Å². The van der Waals surface area contributed by atoms with Crippen molar-refractivity contribution in [3.63, 3.8) is 0 Å². The Kier molecular flexibility index (Phi) is 12.8. The lowest BCUT2D eigenvalue weighted by Crippen LogP contribution is -2.46. The number of fused-ring (bicyclic) bond motifs is 2. The Balaban J connectivity index is 1.02. The van der Waals surface area contributed by atoms with Gasteiger partial charge in [-0.05, 0) is 0 Å². The summed E-state index contributed by atoms with van der Waals surface area (Å²) in [5, 5.41) is 32.0. The third kappa shape index (κ3) is 9.60. The average Bonchev–Trinajstić information content (AvgIpc) is 3.86. The molecule has 0 radical (unpaired) electrons. The van der Waals surface area contributed by atoms with E-state index in [1.54, 1.807) is 7.05 Å². The van der Waals surface area contributed by atoms with Gasteiger partial charge in [0.05, 0.1) is 39.4 Å². The van der Waals surface area contributed by atoms with Crippen LogP contribution < -0.4 is 32.4 Å². The Morgan fingerprint density at radius 3 is 2.03 bits per heavy atom. The molecule has 0 saturated carbocycles. The van der Waals surface area contributed by atoms with Gasteiger partial charge >= 0.3 is 23.5 Å². The number of ether oxygens (including phenoxy) is 3. The fraction of sp³-hybridized carbons (Fsp3) is 0.640. The minimum absolute atomic E-state index is 0.0400. The molecule has 0 spiro atoms. The fourth-order valence-electron chi connectivity index (χ4n) is 6.24. The van der Waals surface area contributed by atoms with E-state index in [-0.39, 0.29) is 41.2 Å². The lowest BCUT2D eigenvalue weighted by Gasteiger charge is -2.29. The van der Waals surface area contributed by atoms with Gasteiger partial charge in [0, 0.05) is 14.2 Å². The molecule has 58 heavy (non-hydrogen) atoms. The average molecular weight is 893 g/mol. The number of nitrogen functional groups attached to an aromatic ring is 2. The summed E-state index contributed by atoms with van der Waals surface area (Å²) in [6, 6.07) is 0. The molecule has 3 aromatic rings. The molecule has 6 heterocycles. The molecule has 3 unspecified atom stereocenters. The summed E-state index contributed by atoms with van der Waals surface area (Å²) in [7, 11) is -12.9. The van der Waals surface area contributed by atoms with Crippen LogP contribution in [0.1, 0.15) is 6.23 Å². The molecular formula is C25H39N10O20P3. The van der Waals surface area contributed by atoms with E-state index in [2.05, 4.69) is 29.4 Å². The van der Waals surface area contributed by atoms with Crippen molar-refractivity contribution in [1.82, 2.24) is 29.5 Å². The Hall–Kier alpha value is -3.48. The Bertz CT molecular complexity index is 2240. The molecule has 11 atom stereocenters. The van der Waals surface area contributed by atoms with Crippen molar-refractivity contribution < 1.29 is 85.4 Å². The highest BCUT2D eigenvalue weighted by Crippen LogP contribution is 2.48. The fourth-order valence-corrected chi connectivity index (χ4v) is 8.28. The molecule has 324 valence electrons. The molecule has 0 bridgehead atoms. The van der Waals surface area contributed by atoms with Crippen LogP contribution in [0.5, 0.6) is 0 Å². The highest BCUT2D eigenvalue weighted by molar-refractivity contribution is 7.47. The van der Waals surface area contributed by atoms with Crippen molar-refractivity contribution in [3.8, 4) is 0 Å². The Morgan fingerprint density at radius 2 is 1.43 bits per heavy atom. The van der Waals surface area contributed by atoms with E-state index in [0.717, 1.165) is 10.9 Å². The number of aliphatic hydroxyl groups is 3. The molecule has 0 aromatic carbocycles. The number of anilines is 4. The second-order valence-electron chi connectivity index (χ2n) is 12.8. The van der Waals surface area contributed by atoms with Gasteiger partial charge in [-0.3, -0.25) is 46.7 Å². The van der Waals surface area contributed by atoms with Crippen LogP contribution in [0.25, 0.3) is 11.2 Å². The summed E-state index contributed by atoms with van der Waals surface area (Å²) in [5.74, 6) is -0.379. The number of methoxy groups -OCH3 is 1. The first-order chi connectivity index (χ1) is 27.1. The van der Waals surface area contributed by atoms with Crippen LogP contribution in [-0.2, 0) is 50.5 Å². The number of nitrogens with one attached hydrogen (secondary N) is 2. The largest absolute Gasteiger partial charge is 0.472 e. The van der Waals surface area contributed by atoms with Gasteiger partial charge in [0.15, 0.2) is 29.4 Å². The minimum Gasteiger partial charge on any atom is -0.387 e. The lowest BCUT2D eigenvalue weighted by molar-refractivity contribution is -0.0527. The standard InChI is InChI=1S/C25H39N10O20P3/c1-33-8-35(19-13(33)21(40)32-25(27)30-19)23-17(48-2)15(37)11(54-23)6-52-58(46,47)50-4-9(55-56(41,42)43)3-49-57(44,45)51-5-10-14(36)16(38)22(53-10)34-7-28-12-18(34)29-24(26)31-20(12)39/h7,9-11,14-17,22-23,36-38H,3-6,8H2,1-2H3,(H,44,45)(H,46,47)(H2,41,42,43)(H3,26,29,31,39)(H3,27,30,32,40)/t9?,10-,11-,14-,15-,16-,17-,22-,23-/m1/s1. The Morgan fingerprint density at radius 1 is 0.862 bits per heavy atom. The van der Waals surface area contributed by atoms with Crippen LogP contribution >= 0.6 is 23.5 Å². The van der Waals surface area contributed by atoms with E-state index in [4.69, 9.17) is 43.8 Å². The van der Waals surface area contributed by atoms with Gasteiger partial charge in [0.1, 0.15) is 48.4 Å². The van der Waals surface area contributed by atoms with Gasteiger partial charge in [0.2, 0.25) is 11.9 Å². The van der Waals surface area contributed by atoms with E-state index in [0.29, 0.717) is 0 Å². The molecule has 33 heteroatoms. The van der Waals surface area contributed by atoms with Crippen molar-refractivity contribution in [2.24, 2.45) is 0 Å². The van der Waals surface area contributed by atoms with E-state index in [1.165, 1.54) is 16.9 Å². The summed E-state index contributed by atoms with van der Waals surface area (Å²) in [6.07, 6.45) is -12.4. The van der Waals surface area contributed by atoms with Crippen LogP contribution in [0.2, 0.25) is 0 Å². The van der Waals surface area contributed by atoms with Gasteiger partial charge in [-0.15, -0.1) is 0 Å². The molecule has 0 aliphatic carbocycles. The smallest absolute Gasteiger partial charge is 0.387 e.